The van der Waals surface area contributed by atoms with Gasteiger partial charge in [0.05, 0.1) is 17.4 Å². The van der Waals surface area contributed by atoms with Crippen molar-refractivity contribution in [2.24, 2.45) is 0 Å². The standard InChI is InChI=1S/C31H30O2/c1-3-33-30(29(25-16-8-4-9-17-25)26-18-10-5-11-19-26)31(24-32-2,27-20-12-6-13-21-27)28-22-14-7-15-23-28/h4-24,30H,3H2,1-2H3. The molecule has 0 saturated carbocycles. The van der Waals surface area contributed by atoms with Crippen molar-refractivity contribution in [3.05, 3.63) is 156 Å². The predicted molar refractivity (Wildman–Crippen MR) is 135 cm³/mol. The van der Waals surface area contributed by atoms with Gasteiger partial charge >= 0.3 is 0 Å². The van der Waals surface area contributed by atoms with Crippen LogP contribution in [0.2, 0.25) is 0 Å². The van der Waals surface area contributed by atoms with Gasteiger partial charge in [-0.3, -0.25) is 0 Å². The van der Waals surface area contributed by atoms with Crippen molar-refractivity contribution in [2.75, 3.05) is 13.7 Å². The van der Waals surface area contributed by atoms with Crippen molar-refractivity contribution in [3.8, 4) is 0 Å². The van der Waals surface area contributed by atoms with Crippen LogP contribution in [-0.4, -0.2) is 19.8 Å². The summed E-state index contributed by atoms with van der Waals surface area (Å²) in [5.74, 6) is 1.12. The summed E-state index contributed by atoms with van der Waals surface area (Å²) in [5.41, 5.74) is 3.81. The second-order valence-corrected chi connectivity index (χ2v) is 7.94. The normalized spacial score (nSPS) is 12.6. The minimum absolute atomic E-state index is 0.336. The first-order chi connectivity index (χ1) is 16.3. The van der Waals surface area contributed by atoms with E-state index in [-0.39, 0.29) is 6.10 Å². The third-order valence-corrected chi connectivity index (χ3v) is 5.99. The average Bonchev–Trinajstić information content (AvgIpc) is 2.89. The first-order valence-corrected chi connectivity index (χ1v) is 11.4. The zero-order valence-electron chi connectivity index (χ0n) is 19.2. The largest absolute Gasteiger partial charge is 0.377 e. The summed E-state index contributed by atoms with van der Waals surface area (Å²) >= 11 is 0. The van der Waals surface area contributed by atoms with Crippen molar-refractivity contribution < 1.29 is 9.47 Å². The second kappa shape index (κ2) is 11.1. The van der Waals surface area contributed by atoms with E-state index in [2.05, 4.69) is 97.1 Å². The number of hydrogen-bond donors (Lipinski definition) is 0. The molecule has 166 valence electrons. The van der Waals surface area contributed by atoms with E-state index in [0.29, 0.717) is 6.61 Å². The molecule has 0 amide bonds. The second-order valence-electron chi connectivity index (χ2n) is 7.94. The summed E-state index contributed by atoms with van der Waals surface area (Å²) in [6, 6.07) is 42.0. The topological polar surface area (TPSA) is 18.5 Å². The van der Waals surface area contributed by atoms with Crippen molar-refractivity contribution in [3.63, 3.8) is 0 Å². The van der Waals surface area contributed by atoms with E-state index in [4.69, 9.17) is 9.47 Å². The molecule has 0 bridgehead atoms. The zero-order valence-corrected chi connectivity index (χ0v) is 19.2. The fraction of sp³-hybridized carbons (Fsp3) is 0.161. The summed E-state index contributed by atoms with van der Waals surface area (Å²) in [7, 11) is 1.72. The molecule has 0 spiro atoms. The number of rotatable bonds is 10. The molecule has 4 rings (SSSR count). The Hall–Kier alpha value is -3.20. The molecule has 0 aliphatic rings. The molecular weight excluding hydrogens is 404 g/mol. The van der Waals surface area contributed by atoms with Gasteiger partial charge in [0.1, 0.15) is 6.61 Å². The molecule has 0 N–H and O–H groups in total. The Balaban J connectivity index is 2.02. The maximum Gasteiger partial charge on any atom is 0.101 e. The molecule has 0 aliphatic carbocycles. The first-order valence-electron chi connectivity index (χ1n) is 11.4. The lowest BCUT2D eigenvalue weighted by molar-refractivity contribution is 0.0220. The highest BCUT2D eigenvalue weighted by Gasteiger charge is 2.48. The highest BCUT2D eigenvalue weighted by molar-refractivity contribution is 5.55. The Morgan fingerprint density at radius 1 is 0.667 bits per heavy atom. The third kappa shape index (κ3) is 4.78. The number of methoxy groups -OCH3 is 1. The molecule has 4 aromatic carbocycles. The van der Waals surface area contributed by atoms with Crippen LogP contribution in [0.15, 0.2) is 121 Å². The zero-order chi connectivity index (χ0) is 22.9. The van der Waals surface area contributed by atoms with E-state index in [1.165, 1.54) is 0 Å². The van der Waals surface area contributed by atoms with Gasteiger partial charge in [-0.25, -0.2) is 0 Å². The van der Waals surface area contributed by atoms with Crippen molar-refractivity contribution in [1.29, 1.82) is 0 Å². The van der Waals surface area contributed by atoms with Gasteiger partial charge in [-0.1, -0.05) is 121 Å². The molecule has 2 nitrogen and oxygen atoms in total. The van der Waals surface area contributed by atoms with Crippen LogP contribution in [0, 0.1) is 12.5 Å². The lowest BCUT2D eigenvalue weighted by Gasteiger charge is -2.44. The van der Waals surface area contributed by atoms with E-state index < -0.39 is 5.41 Å². The molecule has 4 aromatic rings. The Morgan fingerprint density at radius 2 is 1.06 bits per heavy atom. The summed E-state index contributed by atoms with van der Waals surface area (Å²) < 4.78 is 12.5. The fourth-order valence-electron chi connectivity index (χ4n) is 4.60. The Bertz CT molecular complexity index is 1000. The average molecular weight is 435 g/mol. The van der Waals surface area contributed by atoms with Gasteiger partial charge in [-0.2, -0.15) is 0 Å². The quantitative estimate of drug-likeness (QED) is 0.271. The minimum Gasteiger partial charge on any atom is -0.377 e. The maximum absolute atomic E-state index is 6.69. The van der Waals surface area contributed by atoms with Crippen LogP contribution in [-0.2, 0) is 14.9 Å². The molecule has 0 heterocycles. The Labute approximate surface area is 197 Å². The van der Waals surface area contributed by atoms with Crippen LogP contribution >= 0.6 is 0 Å². The number of hydrogen-bond acceptors (Lipinski definition) is 2. The maximum atomic E-state index is 6.69. The van der Waals surface area contributed by atoms with Crippen LogP contribution in [0.3, 0.4) is 0 Å². The van der Waals surface area contributed by atoms with Crippen molar-refractivity contribution in [2.45, 2.75) is 18.4 Å². The molecule has 33 heavy (non-hydrogen) atoms. The molecule has 0 aromatic heterocycles. The van der Waals surface area contributed by atoms with E-state index in [9.17, 15) is 0 Å². The summed E-state index contributed by atoms with van der Waals surface area (Å²) in [5, 5.41) is 0. The Morgan fingerprint density at radius 3 is 1.42 bits per heavy atom. The number of benzene rings is 4. The molecular formula is C31H30O2. The summed E-state index contributed by atoms with van der Waals surface area (Å²) in [6.45, 7) is 4.55. The molecule has 0 saturated heterocycles. The van der Waals surface area contributed by atoms with Crippen molar-refractivity contribution >= 4 is 0 Å². The van der Waals surface area contributed by atoms with Crippen molar-refractivity contribution in [1.82, 2.24) is 0 Å². The van der Waals surface area contributed by atoms with Crippen LogP contribution in [0.5, 0.6) is 0 Å². The molecule has 2 radical (unpaired) electrons. The van der Waals surface area contributed by atoms with Gasteiger partial charge in [-0.15, -0.1) is 0 Å². The van der Waals surface area contributed by atoms with E-state index in [0.717, 1.165) is 28.2 Å². The van der Waals surface area contributed by atoms with E-state index in [1.807, 2.05) is 37.8 Å². The molecule has 2 heteroatoms. The lowest BCUT2D eigenvalue weighted by atomic mass is 9.64. The van der Waals surface area contributed by atoms with Crippen LogP contribution in [0.25, 0.3) is 0 Å². The van der Waals surface area contributed by atoms with E-state index in [1.54, 1.807) is 7.11 Å². The predicted octanol–water partition coefficient (Wildman–Crippen LogP) is 6.86. The Kier molecular flexibility index (Phi) is 7.72. The first kappa shape index (κ1) is 23.0. The molecule has 0 fully saturated rings. The SMILES string of the molecule is CCOC([C](c1ccccc1)c1ccccc1)C([CH]OC)(c1ccccc1)c1ccccc1. The van der Waals surface area contributed by atoms with E-state index >= 15 is 0 Å². The number of ether oxygens (including phenoxy) is 2. The van der Waals surface area contributed by atoms with Gasteiger partial charge < -0.3 is 9.47 Å². The summed E-state index contributed by atoms with van der Waals surface area (Å²) in [4.78, 5) is 0. The molecule has 1 atom stereocenters. The van der Waals surface area contributed by atoms with Gasteiger partial charge in [0.25, 0.3) is 0 Å². The summed E-state index contributed by atoms with van der Waals surface area (Å²) in [6.07, 6.45) is -0.336. The lowest BCUT2D eigenvalue weighted by Crippen LogP contribution is -2.47. The fourth-order valence-corrected chi connectivity index (χ4v) is 4.60. The highest BCUT2D eigenvalue weighted by atomic mass is 16.5. The van der Waals surface area contributed by atoms with Gasteiger partial charge in [0.15, 0.2) is 0 Å². The monoisotopic (exact) mass is 434 g/mol. The van der Waals surface area contributed by atoms with Gasteiger partial charge in [0.2, 0.25) is 0 Å². The minimum atomic E-state index is -0.672. The van der Waals surface area contributed by atoms with Gasteiger partial charge in [0, 0.05) is 13.7 Å². The highest BCUT2D eigenvalue weighted by Crippen LogP contribution is 2.47. The molecule has 0 aliphatic heterocycles. The third-order valence-electron chi connectivity index (χ3n) is 5.99. The van der Waals surface area contributed by atoms with Crippen LogP contribution in [0.4, 0.5) is 0 Å². The molecule has 1 unspecified atom stereocenters. The van der Waals surface area contributed by atoms with Crippen LogP contribution < -0.4 is 0 Å². The van der Waals surface area contributed by atoms with Gasteiger partial charge in [-0.05, 0) is 29.2 Å². The smallest absolute Gasteiger partial charge is 0.101 e. The van der Waals surface area contributed by atoms with Crippen LogP contribution in [0.1, 0.15) is 29.2 Å².